The first-order valence-electron chi connectivity index (χ1n) is 9.60. The van der Waals surface area contributed by atoms with Gasteiger partial charge < -0.3 is 9.73 Å². The van der Waals surface area contributed by atoms with Gasteiger partial charge in [-0.15, -0.1) is 0 Å². The zero-order valence-corrected chi connectivity index (χ0v) is 18.1. The molecule has 9 heteroatoms. The smallest absolute Gasteiger partial charge is 0.255 e. The molecule has 2 heterocycles. The first-order valence-corrected chi connectivity index (χ1v) is 11.2. The molecule has 0 bridgehead atoms. The molecule has 0 saturated heterocycles. The van der Waals surface area contributed by atoms with Gasteiger partial charge in [-0.3, -0.25) is 9.52 Å². The number of pyridine rings is 1. The van der Waals surface area contributed by atoms with E-state index in [1.54, 1.807) is 6.07 Å². The topological polar surface area (TPSA) is 101 Å². The quantitative estimate of drug-likeness (QED) is 0.587. The third kappa shape index (κ3) is 4.46. The maximum atomic E-state index is 13.3. The van der Waals surface area contributed by atoms with Crippen molar-refractivity contribution in [3.05, 3.63) is 47.3 Å². The van der Waals surface area contributed by atoms with E-state index in [1.807, 2.05) is 20.8 Å². The normalized spacial score (nSPS) is 11.8. The van der Waals surface area contributed by atoms with Gasteiger partial charge in [-0.2, -0.15) is 4.98 Å². The van der Waals surface area contributed by atoms with Crippen LogP contribution in [0, 0.1) is 11.7 Å². The summed E-state index contributed by atoms with van der Waals surface area (Å²) >= 11 is 0. The average Bonchev–Trinajstić information content (AvgIpc) is 3.04. The molecule has 7 nitrogen and oxygen atoms in total. The predicted molar refractivity (Wildman–Crippen MR) is 114 cm³/mol. The number of rotatable bonds is 7. The predicted octanol–water partition coefficient (Wildman–Crippen LogP) is 3.95. The molecule has 2 aromatic heterocycles. The number of carbonyl (C=O) groups excluding carboxylic acids is 1. The summed E-state index contributed by atoms with van der Waals surface area (Å²) < 4.78 is 46.6. The van der Waals surface area contributed by atoms with Crippen LogP contribution in [0.4, 0.5) is 10.2 Å². The van der Waals surface area contributed by atoms with Gasteiger partial charge in [-0.05, 0) is 48.2 Å². The number of aryl methyl sites for hydroxylation is 1. The number of furan rings is 1. The SMILES string of the molecule is CCc1cc2c(C(=O)NC)c(-c3ccc(F)cc3)oc2nc1NS(=O)(=O)CC(C)C. The lowest BCUT2D eigenvalue weighted by molar-refractivity contribution is 0.0964. The number of sulfonamides is 1. The highest BCUT2D eigenvalue weighted by molar-refractivity contribution is 7.92. The number of carbonyl (C=O) groups is 1. The highest BCUT2D eigenvalue weighted by Crippen LogP contribution is 2.35. The minimum Gasteiger partial charge on any atom is -0.437 e. The lowest BCUT2D eigenvalue weighted by Gasteiger charge is -2.12. The Kier molecular flexibility index (Phi) is 6.12. The Morgan fingerprint density at radius 2 is 1.90 bits per heavy atom. The molecule has 1 aromatic carbocycles. The number of anilines is 1. The second-order valence-electron chi connectivity index (χ2n) is 7.37. The van der Waals surface area contributed by atoms with Gasteiger partial charge in [0.15, 0.2) is 0 Å². The van der Waals surface area contributed by atoms with E-state index >= 15 is 0 Å². The number of nitrogens with zero attached hydrogens (tertiary/aromatic N) is 1. The first-order chi connectivity index (χ1) is 14.1. The van der Waals surface area contributed by atoms with Crippen molar-refractivity contribution in [2.45, 2.75) is 27.2 Å². The Morgan fingerprint density at radius 1 is 1.23 bits per heavy atom. The number of hydrogen-bond acceptors (Lipinski definition) is 5. The molecule has 0 radical (unpaired) electrons. The van der Waals surface area contributed by atoms with Gasteiger partial charge in [0.25, 0.3) is 5.91 Å². The summed E-state index contributed by atoms with van der Waals surface area (Å²) in [5.74, 6) is -0.479. The summed E-state index contributed by atoms with van der Waals surface area (Å²) in [4.78, 5) is 17.0. The zero-order chi connectivity index (χ0) is 22.1. The second-order valence-corrected chi connectivity index (χ2v) is 9.14. The Bertz CT molecular complexity index is 1190. The number of aromatic nitrogens is 1. The zero-order valence-electron chi connectivity index (χ0n) is 17.2. The Hall–Kier alpha value is -2.94. The van der Waals surface area contributed by atoms with E-state index in [9.17, 15) is 17.6 Å². The van der Waals surface area contributed by atoms with Gasteiger partial charge in [-0.25, -0.2) is 12.8 Å². The molecule has 1 amide bonds. The first kappa shape index (κ1) is 21.8. The molecular weight excluding hydrogens is 409 g/mol. The molecule has 30 heavy (non-hydrogen) atoms. The average molecular weight is 434 g/mol. The molecule has 0 aliphatic rings. The molecule has 0 saturated carbocycles. The van der Waals surface area contributed by atoms with Crippen LogP contribution >= 0.6 is 0 Å². The van der Waals surface area contributed by atoms with Crippen molar-refractivity contribution in [3.8, 4) is 11.3 Å². The van der Waals surface area contributed by atoms with Crippen molar-refractivity contribution in [2.75, 3.05) is 17.5 Å². The van der Waals surface area contributed by atoms with Gasteiger partial charge in [0, 0.05) is 12.6 Å². The monoisotopic (exact) mass is 433 g/mol. The lowest BCUT2D eigenvalue weighted by atomic mass is 10.0. The number of benzene rings is 1. The third-order valence-corrected chi connectivity index (χ3v) is 6.12. The third-order valence-electron chi connectivity index (χ3n) is 4.51. The van der Waals surface area contributed by atoms with Crippen LogP contribution in [0.1, 0.15) is 36.7 Å². The van der Waals surface area contributed by atoms with Crippen LogP contribution in [0.3, 0.4) is 0 Å². The minimum atomic E-state index is -3.59. The molecule has 3 rings (SSSR count). The molecular formula is C21H24FN3O4S. The van der Waals surface area contributed by atoms with Gasteiger partial charge in [0.2, 0.25) is 15.7 Å². The molecule has 2 N–H and O–H groups in total. The number of amides is 1. The van der Waals surface area contributed by atoms with Crippen molar-refractivity contribution >= 4 is 32.8 Å². The largest absolute Gasteiger partial charge is 0.437 e. The highest BCUT2D eigenvalue weighted by Gasteiger charge is 2.25. The van der Waals surface area contributed by atoms with Crippen molar-refractivity contribution < 1.29 is 22.0 Å². The van der Waals surface area contributed by atoms with Crippen LogP contribution < -0.4 is 10.0 Å². The molecule has 0 atom stereocenters. The number of halogens is 1. The molecule has 0 aliphatic carbocycles. The van der Waals surface area contributed by atoms with Crippen molar-refractivity contribution in [1.29, 1.82) is 0 Å². The molecule has 3 aromatic rings. The number of hydrogen-bond donors (Lipinski definition) is 2. The summed E-state index contributed by atoms with van der Waals surface area (Å²) in [6.07, 6.45) is 0.493. The summed E-state index contributed by atoms with van der Waals surface area (Å²) in [5.41, 5.74) is 1.52. The minimum absolute atomic E-state index is 0.0433. The maximum absolute atomic E-state index is 13.3. The summed E-state index contributed by atoms with van der Waals surface area (Å²) in [6, 6.07) is 7.26. The molecule has 0 spiro atoms. The standard InChI is InChI=1S/C21H24FN3O4S/c1-5-13-10-16-17(20(26)23-4)18(14-6-8-15(22)9-7-14)29-21(16)24-19(13)25-30(27,28)11-12(2)3/h6-10,12H,5,11H2,1-4H3,(H,23,26)(H,24,25). The van der Waals surface area contributed by atoms with Gasteiger partial charge in [0.1, 0.15) is 17.4 Å². The van der Waals surface area contributed by atoms with Gasteiger partial charge in [-0.1, -0.05) is 20.8 Å². The lowest BCUT2D eigenvalue weighted by Crippen LogP contribution is -2.21. The fourth-order valence-corrected chi connectivity index (χ4v) is 4.64. The van der Waals surface area contributed by atoms with E-state index in [-0.39, 0.29) is 40.4 Å². The van der Waals surface area contributed by atoms with Crippen LogP contribution in [0.2, 0.25) is 0 Å². The van der Waals surface area contributed by atoms with Crippen LogP contribution in [0.5, 0.6) is 0 Å². The van der Waals surface area contributed by atoms with E-state index in [0.717, 1.165) is 0 Å². The van der Waals surface area contributed by atoms with Crippen molar-refractivity contribution in [3.63, 3.8) is 0 Å². The molecule has 0 fully saturated rings. The van der Waals surface area contributed by atoms with E-state index in [0.29, 0.717) is 22.9 Å². The fourth-order valence-electron chi connectivity index (χ4n) is 3.21. The fraction of sp³-hybridized carbons (Fsp3) is 0.333. The van der Waals surface area contributed by atoms with Gasteiger partial charge in [0.05, 0.1) is 16.7 Å². The molecule has 0 unspecified atom stereocenters. The second kappa shape index (κ2) is 8.43. The van der Waals surface area contributed by atoms with Crippen LogP contribution in [-0.4, -0.2) is 32.1 Å². The van der Waals surface area contributed by atoms with E-state index < -0.39 is 15.8 Å². The molecule has 0 aliphatic heterocycles. The van der Waals surface area contributed by atoms with E-state index in [2.05, 4.69) is 15.0 Å². The Morgan fingerprint density at radius 3 is 2.47 bits per heavy atom. The number of nitrogens with one attached hydrogen (secondary N) is 2. The van der Waals surface area contributed by atoms with Gasteiger partial charge >= 0.3 is 0 Å². The Balaban J connectivity index is 2.20. The summed E-state index contributed by atoms with van der Waals surface area (Å²) in [6.45, 7) is 5.49. The van der Waals surface area contributed by atoms with Crippen molar-refractivity contribution in [2.24, 2.45) is 5.92 Å². The summed E-state index contributed by atoms with van der Waals surface area (Å²) in [5, 5.41) is 3.04. The van der Waals surface area contributed by atoms with E-state index in [1.165, 1.54) is 31.3 Å². The summed E-state index contributed by atoms with van der Waals surface area (Å²) in [7, 11) is -2.09. The highest BCUT2D eigenvalue weighted by atomic mass is 32.2. The Labute approximate surface area is 174 Å². The van der Waals surface area contributed by atoms with Crippen LogP contribution in [0.15, 0.2) is 34.7 Å². The van der Waals surface area contributed by atoms with Crippen LogP contribution in [0.25, 0.3) is 22.4 Å². The maximum Gasteiger partial charge on any atom is 0.255 e. The van der Waals surface area contributed by atoms with E-state index in [4.69, 9.17) is 4.42 Å². The number of fused-ring (bicyclic) bond motifs is 1. The van der Waals surface area contributed by atoms with Crippen LogP contribution in [-0.2, 0) is 16.4 Å². The molecule has 160 valence electrons. The van der Waals surface area contributed by atoms with Crippen molar-refractivity contribution in [1.82, 2.24) is 10.3 Å².